The van der Waals surface area contributed by atoms with E-state index in [0.29, 0.717) is 12.3 Å². The second kappa shape index (κ2) is 13.1. The first kappa shape index (κ1) is 31.1. The van der Waals surface area contributed by atoms with Crippen molar-refractivity contribution >= 4 is 46.1 Å². The van der Waals surface area contributed by atoms with Crippen molar-refractivity contribution in [2.45, 2.75) is 56.6 Å². The average Bonchev–Trinajstić information content (AvgIpc) is 3.12. The molecule has 0 radical (unpaired) electrons. The molecule has 6 N–H and O–H groups in total. The molecule has 0 aliphatic carbocycles. The molecule has 228 valence electrons. The summed E-state index contributed by atoms with van der Waals surface area (Å²) in [7, 11) is 0. The van der Waals surface area contributed by atoms with E-state index in [2.05, 4.69) is 28.1 Å². The van der Waals surface area contributed by atoms with Crippen molar-refractivity contribution in [3.8, 4) is 11.1 Å². The first-order chi connectivity index (χ1) is 21.0. The SMILES string of the molecule is CC(O)NC(=O)NCc1ccccc1-c1ccc(CN2C(=O)[C@H](NC(=O)C(C)(C)N)CSc3c2ccc2ccccc32)cc1. The predicted octanol–water partition coefficient (Wildman–Crippen LogP) is 4.51. The van der Waals surface area contributed by atoms with Gasteiger partial charge in [0.2, 0.25) is 5.91 Å². The van der Waals surface area contributed by atoms with Crippen molar-refractivity contribution in [1.82, 2.24) is 16.0 Å². The Morgan fingerprint density at radius 1 is 1.02 bits per heavy atom. The van der Waals surface area contributed by atoms with Gasteiger partial charge in [0, 0.05) is 17.2 Å². The number of aliphatic hydroxyl groups excluding tert-OH is 1. The van der Waals surface area contributed by atoms with Gasteiger partial charge in [-0.2, -0.15) is 0 Å². The van der Waals surface area contributed by atoms with E-state index >= 15 is 0 Å². The van der Waals surface area contributed by atoms with Crippen molar-refractivity contribution in [2.24, 2.45) is 5.73 Å². The van der Waals surface area contributed by atoms with Gasteiger partial charge < -0.3 is 31.7 Å². The van der Waals surface area contributed by atoms with Gasteiger partial charge in [-0.05, 0) is 59.9 Å². The Hall–Kier alpha value is -4.38. The first-order valence-electron chi connectivity index (χ1n) is 14.5. The summed E-state index contributed by atoms with van der Waals surface area (Å²) in [6.45, 7) is 5.32. The summed E-state index contributed by atoms with van der Waals surface area (Å²) in [6.07, 6.45) is -0.947. The molecular formula is C34H37N5O4S. The van der Waals surface area contributed by atoms with Crippen molar-refractivity contribution in [1.29, 1.82) is 0 Å². The Bertz CT molecular complexity index is 1680. The van der Waals surface area contributed by atoms with E-state index in [-0.39, 0.29) is 18.4 Å². The normalized spacial score (nSPS) is 15.7. The Labute approximate surface area is 261 Å². The fraction of sp³-hybridized carbons (Fsp3) is 0.265. The number of nitrogens with zero attached hydrogens (tertiary/aromatic N) is 1. The van der Waals surface area contributed by atoms with E-state index < -0.39 is 23.8 Å². The molecule has 1 heterocycles. The van der Waals surface area contributed by atoms with E-state index in [0.717, 1.165) is 43.6 Å². The van der Waals surface area contributed by atoms with E-state index in [4.69, 9.17) is 5.73 Å². The van der Waals surface area contributed by atoms with Crippen LogP contribution in [-0.2, 0) is 22.7 Å². The number of rotatable bonds is 8. The topological polar surface area (TPSA) is 137 Å². The number of urea groups is 1. The third kappa shape index (κ3) is 7.05. The zero-order valence-electron chi connectivity index (χ0n) is 25.0. The number of nitrogens with two attached hydrogens (primary N) is 1. The standard InChI is InChI=1S/C34H37N5O4S/c1-21(40)37-33(43)36-18-25-9-5-6-10-26(25)24-14-12-22(13-15-24)19-39-29-17-16-23-8-4-7-11-27(23)30(29)44-20-28(31(39)41)38-32(42)34(2,3)35/h4-17,21,28,40H,18-20,35H2,1-3H3,(H,38,42)(H2,36,37,43)/t21?,28-/m1/s1. The van der Waals surface area contributed by atoms with E-state index in [1.54, 1.807) is 30.5 Å². The van der Waals surface area contributed by atoms with Crippen molar-refractivity contribution in [3.63, 3.8) is 0 Å². The molecule has 4 amide bonds. The lowest BCUT2D eigenvalue weighted by atomic mass is 9.98. The number of hydrogen-bond donors (Lipinski definition) is 5. The van der Waals surface area contributed by atoms with Crippen molar-refractivity contribution in [2.75, 3.05) is 10.7 Å². The van der Waals surface area contributed by atoms with Crippen LogP contribution >= 0.6 is 11.8 Å². The summed E-state index contributed by atoms with van der Waals surface area (Å²) < 4.78 is 0. The molecule has 0 aromatic heterocycles. The number of aliphatic hydroxyl groups is 1. The van der Waals surface area contributed by atoms with Gasteiger partial charge in [-0.15, -0.1) is 11.8 Å². The van der Waals surface area contributed by atoms with Gasteiger partial charge in [0.05, 0.1) is 17.8 Å². The quantitative estimate of drug-likeness (QED) is 0.186. The molecule has 0 fully saturated rings. The molecule has 0 bridgehead atoms. The third-order valence-electron chi connectivity index (χ3n) is 7.40. The zero-order valence-corrected chi connectivity index (χ0v) is 25.8. The number of benzene rings is 4. The number of amides is 4. The van der Waals surface area contributed by atoms with Crippen LogP contribution < -0.4 is 26.6 Å². The van der Waals surface area contributed by atoms with Gasteiger partial charge in [0.15, 0.2) is 0 Å². The smallest absolute Gasteiger partial charge is 0.317 e. The molecule has 1 unspecified atom stereocenters. The highest BCUT2D eigenvalue weighted by Gasteiger charge is 2.35. The van der Waals surface area contributed by atoms with Gasteiger partial charge >= 0.3 is 6.03 Å². The van der Waals surface area contributed by atoms with Gasteiger partial charge in [-0.3, -0.25) is 9.59 Å². The van der Waals surface area contributed by atoms with Gasteiger partial charge in [0.25, 0.3) is 5.91 Å². The number of anilines is 1. The lowest BCUT2D eigenvalue weighted by molar-refractivity contribution is -0.129. The van der Waals surface area contributed by atoms with Crippen LogP contribution in [-0.4, -0.2) is 46.5 Å². The van der Waals surface area contributed by atoms with Gasteiger partial charge in [-0.25, -0.2) is 4.79 Å². The minimum Gasteiger partial charge on any atom is -0.374 e. The molecule has 1 aliphatic rings. The van der Waals surface area contributed by atoms with Crippen LogP contribution in [0.2, 0.25) is 0 Å². The fourth-order valence-electron chi connectivity index (χ4n) is 5.10. The van der Waals surface area contributed by atoms with Crippen LogP contribution in [0.4, 0.5) is 10.5 Å². The Morgan fingerprint density at radius 3 is 2.45 bits per heavy atom. The second-order valence-corrected chi connectivity index (χ2v) is 12.5. The van der Waals surface area contributed by atoms with Crippen molar-refractivity contribution in [3.05, 3.63) is 96.1 Å². The molecule has 4 aromatic carbocycles. The van der Waals surface area contributed by atoms with Crippen LogP contribution in [0.5, 0.6) is 0 Å². The summed E-state index contributed by atoms with van der Waals surface area (Å²) in [4.78, 5) is 41.6. The van der Waals surface area contributed by atoms with Crippen LogP contribution in [0.25, 0.3) is 21.9 Å². The van der Waals surface area contributed by atoms with E-state index in [9.17, 15) is 19.5 Å². The lowest BCUT2D eigenvalue weighted by Crippen LogP contribution is -2.56. The van der Waals surface area contributed by atoms with E-state index in [1.165, 1.54) is 6.92 Å². The summed E-state index contributed by atoms with van der Waals surface area (Å²) >= 11 is 1.56. The van der Waals surface area contributed by atoms with Gasteiger partial charge in [0.1, 0.15) is 12.3 Å². The molecule has 0 spiro atoms. The largest absolute Gasteiger partial charge is 0.374 e. The second-order valence-electron chi connectivity index (χ2n) is 11.5. The number of fused-ring (bicyclic) bond motifs is 3. The van der Waals surface area contributed by atoms with Crippen LogP contribution in [0.15, 0.2) is 89.8 Å². The number of thioether (sulfide) groups is 1. The first-order valence-corrected chi connectivity index (χ1v) is 15.5. The van der Waals surface area contributed by atoms with Crippen LogP contribution in [0, 0.1) is 0 Å². The number of carbonyl (C=O) groups is 3. The third-order valence-corrected chi connectivity index (χ3v) is 8.62. The van der Waals surface area contributed by atoms with Crippen LogP contribution in [0.1, 0.15) is 31.9 Å². The molecule has 44 heavy (non-hydrogen) atoms. The van der Waals surface area contributed by atoms with Crippen molar-refractivity contribution < 1.29 is 19.5 Å². The maximum atomic E-state index is 14.0. The lowest BCUT2D eigenvalue weighted by Gasteiger charge is -2.28. The number of nitrogens with one attached hydrogen (secondary N) is 3. The summed E-state index contributed by atoms with van der Waals surface area (Å²) in [6, 6.07) is 26.6. The molecule has 10 heteroatoms. The maximum Gasteiger partial charge on any atom is 0.317 e. The minimum atomic E-state index is -1.12. The molecule has 5 rings (SSSR count). The number of hydrogen-bond acceptors (Lipinski definition) is 6. The Kier molecular flexibility index (Phi) is 9.24. The summed E-state index contributed by atoms with van der Waals surface area (Å²) in [5.74, 6) is -0.190. The summed E-state index contributed by atoms with van der Waals surface area (Å²) in [5, 5.41) is 19.6. The molecule has 0 saturated carbocycles. The Balaban J connectivity index is 1.43. The molecule has 4 aromatic rings. The molecular weight excluding hydrogens is 574 g/mol. The molecule has 1 aliphatic heterocycles. The van der Waals surface area contributed by atoms with E-state index in [1.807, 2.05) is 72.8 Å². The monoisotopic (exact) mass is 611 g/mol. The minimum absolute atomic E-state index is 0.194. The highest BCUT2D eigenvalue weighted by Crippen LogP contribution is 2.40. The molecule has 2 atom stereocenters. The van der Waals surface area contributed by atoms with Crippen LogP contribution in [0.3, 0.4) is 0 Å². The zero-order chi connectivity index (χ0) is 31.4. The average molecular weight is 612 g/mol. The highest BCUT2D eigenvalue weighted by atomic mass is 32.2. The molecule has 9 nitrogen and oxygen atoms in total. The highest BCUT2D eigenvalue weighted by molar-refractivity contribution is 7.99. The Morgan fingerprint density at radius 2 is 1.73 bits per heavy atom. The summed E-state index contributed by atoms with van der Waals surface area (Å²) in [5.41, 5.74) is 9.49. The molecule has 0 saturated heterocycles. The maximum absolute atomic E-state index is 14.0. The fourth-order valence-corrected chi connectivity index (χ4v) is 6.32. The van der Waals surface area contributed by atoms with Gasteiger partial charge in [-0.1, -0.05) is 78.9 Å². The predicted molar refractivity (Wildman–Crippen MR) is 175 cm³/mol. The number of carbonyl (C=O) groups excluding carboxylic acids is 3.